The van der Waals surface area contributed by atoms with E-state index < -0.39 is 22.0 Å². The normalized spacial score (nSPS) is 12.8. The minimum absolute atomic E-state index is 0.0314. The van der Waals surface area contributed by atoms with Gasteiger partial charge in [-0.1, -0.05) is 0 Å². The van der Waals surface area contributed by atoms with Crippen LogP contribution >= 0.6 is 0 Å². The van der Waals surface area contributed by atoms with Crippen LogP contribution in [-0.2, 0) is 19.6 Å². The summed E-state index contributed by atoms with van der Waals surface area (Å²) in [7, 11) is -1.28. The summed E-state index contributed by atoms with van der Waals surface area (Å²) in [5, 5.41) is 0. The number of carbonyl (C=O) groups is 1. The van der Waals surface area contributed by atoms with E-state index in [9.17, 15) is 13.2 Å². The van der Waals surface area contributed by atoms with Crippen molar-refractivity contribution in [2.45, 2.75) is 17.9 Å². The molecule has 0 aliphatic heterocycles. The van der Waals surface area contributed by atoms with Crippen LogP contribution in [0.15, 0.2) is 23.1 Å². The lowest BCUT2D eigenvalue weighted by molar-refractivity contribution is -0.142. The molecule has 0 radical (unpaired) electrons. The van der Waals surface area contributed by atoms with Gasteiger partial charge in [-0.05, 0) is 19.1 Å². The summed E-state index contributed by atoms with van der Waals surface area (Å²) >= 11 is 0. The van der Waals surface area contributed by atoms with Crippen LogP contribution in [0.2, 0.25) is 0 Å². The van der Waals surface area contributed by atoms with Crippen molar-refractivity contribution < 1.29 is 22.7 Å². The van der Waals surface area contributed by atoms with E-state index in [-0.39, 0.29) is 10.6 Å². The Bertz CT molecular complexity index is 570. The van der Waals surface area contributed by atoms with E-state index in [0.29, 0.717) is 5.75 Å². The molecule has 19 heavy (non-hydrogen) atoms. The smallest absolute Gasteiger partial charge is 0.323 e. The number of hydrogen-bond acceptors (Lipinski definition) is 6. The van der Waals surface area contributed by atoms with E-state index in [0.717, 1.165) is 0 Å². The van der Waals surface area contributed by atoms with E-state index >= 15 is 0 Å². The lowest BCUT2D eigenvalue weighted by Crippen LogP contribution is -2.39. The Hall–Kier alpha value is -1.80. The van der Waals surface area contributed by atoms with Crippen molar-refractivity contribution in [2.24, 2.45) is 0 Å². The van der Waals surface area contributed by atoms with E-state index in [4.69, 9.17) is 10.5 Å². The molecule has 0 fully saturated rings. The number of carbonyl (C=O) groups excluding carboxylic acids is 1. The van der Waals surface area contributed by atoms with Crippen LogP contribution in [0.25, 0.3) is 0 Å². The number of rotatable bonds is 5. The summed E-state index contributed by atoms with van der Waals surface area (Å²) in [6.07, 6.45) is 0. The molecule has 1 unspecified atom stereocenters. The molecule has 3 N–H and O–H groups in total. The largest absolute Gasteiger partial charge is 0.497 e. The molecule has 1 atom stereocenters. The first-order valence-electron chi connectivity index (χ1n) is 5.35. The predicted molar refractivity (Wildman–Crippen MR) is 69.2 cm³/mol. The standard InChI is InChI=1S/C11H16N2O5S/c1-7(11(14)18-3)13-19(15,16)10-5-4-8(17-2)6-9(10)12/h4-7,13H,12H2,1-3H3. The quantitative estimate of drug-likeness (QED) is 0.588. The van der Waals surface area contributed by atoms with E-state index in [1.165, 1.54) is 39.3 Å². The second kappa shape index (κ2) is 5.89. The highest BCUT2D eigenvalue weighted by atomic mass is 32.2. The Morgan fingerprint density at radius 2 is 2.00 bits per heavy atom. The molecule has 0 heterocycles. The van der Waals surface area contributed by atoms with Crippen molar-refractivity contribution in [3.05, 3.63) is 18.2 Å². The highest BCUT2D eigenvalue weighted by Crippen LogP contribution is 2.23. The van der Waals surface area contributed by atoms with Crippen molar-refractivity contribution in [1.29, 1.82) is 0 Å². The minimum atomic E-state index is -3.90. The van der Waals surface area contributed by atoms with Crippen LogP contribution in [0, 0.1) is 0 Å². The van der Waals surface area contributed by atoms with Gasteiger partial charge in [0.1, 0.15) is 16.7 Å². The number of hydrogen-bond donors (Lipinski definition) is 2. The van der Waals surface area contributed by atoms with Crippen LogP contribution in [0.1, 0.15) is 6.92 Å². The molecule has 1 aromatic carbocycles. The van der Waals surface area contributed by atoms with Crippen molar-refractivity contribution in [1.82, 2.24) is 4.72 Å². The van der Waals surface area contributed by atoms with Gasteiger partial charge in [0.2, 0.25) is 10.0 Å². The van der Waals surface area contributed by atoms with Gasteiger partial charge in [-0.15, -0.1) is 0 Å². The maximum Gasteiger partial charge on any atom is 0.323 e. The average Bonchev–Trinajstić information content (AvgIpc) is 2.36. The Morgan fingerprint density at radius 3 is 2.47 bits per heavy atom. The highest BCUT2D eigenvalue weighted by molar-refractivity contribution is 7.89. The van der Waals surface area contributed by atoms with Gasteiger partial charge in [-0.3, -0.25) is 4.79 Å². The third-order valence-electron chi connectivity index (χ3n) is 2.39. The van der Waals surface area contributed by atoms with Crippen molar-refractivity contribution in [3.63, 3.8) is 0 Å². The molecule has 0 bridgehead atoms. The number of methoxy groups -OCH3 is 2. The predicted octanol–water partition coefficient (Wildman–Crippen LogP) is 0.117. The summed E-state index contributed by atoms with van der Waals surface area (Å²) < 4.78 is 35.6. The number of nitrogen functional groups attached to an aromatic ring is 1. The lowest BCUT2D eigenvalue weighted by Gasteiger charge is -2.13. The zero-order valence-corrected chi connectivity index (χ0v) is 11.7. The molecule has 7 nitrogen and oxygen atoms in total. The first-order valence-corrected chi connectivity index (χ1v) is 6.84. The van der Waals surface area contributed by atoms with Crippen LogP contribution in [-0.4, -0.2) is 34.6 Å². The van der Waals surface area contributed by atoms with Gasteiger partial charge in [-0.25, -0.2) is 8.42 Å². The molecular formula is C11H16N2O5S. The molecule has 0 aliphatic carbocycles. The van der Waals surface area contributed by atoms with Gasteiger partial charge in [0.05, 0.1) is 19.9 Å². The third kappa shape index (κ3) is 3.58. The average molecular weight is 288 g/mol. The number of esters is 1. The summed E-state index contributed by atoms with van der Waals surface area (Å²) in [6.45, 7) is 1.38. The third-order valence-corrected chi connectivity index (χ3v) is 4.01. The number of nitrogens with two attached hydrogens (primary N) is 1. The highest BCUT2D eigenvalue weighted by Gasteiger charge is 2.24. The van der Waals surface area contributed by atoms with Gasteiger partial charge in [-0.2, -0.15) is 4.72 Å². The van der Waals surface area contributed by atoms with Crippen LogP contribution in [0.3, 0.4) is 0 Å². The number of benzene rings is 1. The fourth-order valence-electron chi connectivity index (χ4n) is 1.42. The van der Waals surface area contributed by atoms with Gasteiger partial charge in [0.15, 0.2) is 0 Å². The molecular weight excluding hydrogens is 272 g/mol. The van der Waals surface area contributed by atoms with Crippen LogP contribution in [0.4, 0.5) is 5.69 Å². The van der Waals surface area contributed by atoms with Gasteiger partial charge < -0.3 is 15.2 Å². The minimum Gasteiger partial charge on any atom is -0.497 e. The second-order valence-electron chi connectivity index (χ2n) is 3.77. The molecule has 8 heteroatoms. The maximum atomic E-state index is 12.0. The van der Waals surface area contributed by atoms with Crippen LogP contribution in [0.5, 0.6) is 5.75 Å². The molecule has 0 amide bonds. The summed E-state index contributed by atoms with van der Waals surface area (Å²) in [5.41, 5.74) is 5.68. The molecule has 106 valence electrons. The molecule has 0 spiro atoms. The Labute approximate surface area is 111 Å². The van der Waals surface area contributed by atoms with Crippen molar-refractivity contribution in [3.8, 4) is 5.75 Å². The zero-order chi connectivity index (χ0) is 14.6. The molecule has 0 aliphatic rings. The molecule has 1 rings (SSSR count). The van der Waals surface area contributed by atoms with Gasteiger partial charge in [0.25, 0.3) is 0 Å². The summed E-state index contributed by atoms with van der Waals surface area (Å²) in [5.74, 6) is -0.242. The number of sulfonamides is 1. The fraction of sp³-hybridized carbons (Fsp3) is 0.364. The van der Waals surface area contributed by atoms with Crippen LogP contribution < -0.4 is 15.2 Å². The fourth-order valence-corrected chi connectivity index (χ4v) is 2.72. The summed E-state index contributed by atoms with van der Waals surface area (Å²) in [4.78, 5) is 11.1. The van der Waals surface area contributed by atoms with E-state index in [1.807, 2.05) is 0 Å². The molecule has 0 aromatic heterocycles. The first-order chi connectivity index (χ1) is 8.81. The topological polar surface area (TPSA) is 108 Å². The zero-order valence-electron chi connectivity index (χ0n) is 10.8. The Kier molecular flexibility index (Phi) is 4.73. The van der Waals surface area contributed by atoms with Gasteiger partial charge >= 0.3 is 5.97 Å². The number of ether oxygens (including phenoxy) is 2. The maximum absolute atomic E-state index is 12.0. The van der Waals surface area contributed by atoms with Crippen molar-refractivity contribution in [2.75, 3.05) is 20.0 Å². The first kappa shape index (κ1) is 15.3. The lowest BCUT2D eigenvalue weighted by atomic mass is 10.3. The second-order valence-corrected chi connectivity index (χ2v) is 5.45. The molecule has 0 saturated carbocycles. The van der Waals surface area contributed by atoms with Gasteiger partial charge in [0, 0.05) is 6.07 Å². The van der Waals surface area contributed by atoms with E-state index in [2.05, 4.69) is 9.46 Å². The van der Waals surface area contributed by atoms with E-state index in [1.54, 1.807) is 0 Å². The monoisotopic (exact) mass is 288 g/mol. The SMILES string of the molecule is COC(=O)C(C)NS(=O)(=O)c1ccc(OC)cc1N. The Balaban J connectivity index is 3.04. The number of nitrogens with one attached hydrogen (secondary N) is 1. The Morgan fingerprint density at radius 1 is 1.37 bits per heavy atom. The molecule has 0 saturated heterocycles. The molecule has 1 aromatic rings. The number of anilines is 1. The summed E-state index contributed by atoms with van der Waals surface area (Å²) in [6, 6.07) is 3.16. The van der Waals surface area contributed by atoms with Crippen molar-refractivity contribution >= 4 is 21.7 Å².